The van der Waals surface area contributed by atoms with Crippen molar-refractivity contribution in [2.24, 2.45) is 0 Å². The smallest absolute Gasteiger partial charge is 0.292 e. The van der Waals surface area contributed by atoms with E-state index in [-0.39, 0.29) is 10.8 Å². The van der Waals surface area contributed by atoms with Crippen LogP contribution in [0, 0.1) is 0 Å². The van der Waals surface area contributed by atoms with E-state index in [2.05, 4.69) is 42.7 Å². The van der Waals surface area contributed by atoms with Crippen molar-refractivity contribution in [2.45, 2.75) is 17.5 Å². The van der Waals surface area contributed by atoms with Crippen LogP contribution in [-0.2, 0) is 4.90 Å². The molecule has 0 saturated carbocycles. The Kier molecular flexibility index (Phi) is 5.58. The summed E-state index contributed by atoms with van der Waals surface area (Å²) in [5.41, 5.74) is -0.632. The number of pyridine rings is 1. The number of alkyl halides is 2. The van der Waals surface area contributed by atoms with E-state index in [4.69, 9.17) is 4.74 Å². The standard InChI is InChI=1S/C15H18F2N4OP4/c1-14(24,25)13-20-5-11-18-4-9(6-21(11)13)8-2-10(23)12(19-3-8)22-7-15(16,17)26/h2-6H,7,23-26H2,1H3. The number of aromatic nitrogens is 4. The third kappa shape index (κ3) is 4.52. The van der Waals surface area contributed by atoms with Gasteiger partial charge in [-0.2, -0.15) is 8.78 Å². The Morgan fingerprint density at radius 3 is 2.38 bits per heavy atom. The van der Waals surface area contributed by atoms with Gasteiger partial charge in [0.15, 0.2) is 12.3 Å². The molecule has 0 amide bonds. The average molecular weight is 432 g/mol. The molecule has 0 radical (unpaired) electrons. The number of hydrogen-bond donors (Lipinski definition) is 0. The van der Waals surface area contributed by atoms with E-state index in [0.29, 0.717) is 5.30 Å². The summed E-state index contributed by atoms with van der Waals surface area (Å²) in [6, 6.07) is 1.80. The van der Waals surface area contributed by atoms with Crippen molar-refractivity contribution in [3.05, 3.63) is 36.7 Å². The van der Waals surface area contributed by atoms with Crippen molar-refractivity contribution in [2.75, 3.05) is 6.61 Å². The third-order valence-electron chi connectivity index (χ3n) is 3.48. The number of ether oxygens (including phenoxy) is 1. The van der Waals surface area contributed by atoms with Crippen LogP contribution in [0.25, 0.3) is 16.8 Å². The topological polar surface area (TPSA) is 52.3 Å². The Balaban J connectivity index is 1.95. The zero-order valence-corrected chi connectivity index (χ0v) is 18.5. The Bertz CT molecular complexity index is 953. The predicted octanol–water partition coefficient (Wildman–Crippen LogP) is 3.06. The second-order valence-electron chi connectivity index (χ2n) is 6.10. The van der Waals surface area contributed by atoms with Crippen LogP contribution in [0.5, 0.6) is 5.88 Å². The lowest BCUT2D eigenvalue weighted by Crippen LogP contribution is -2.19. The van der Waals surface area contributed by atoms with Crippen molar-refractivity contribution >= 4 is 47.9 Å². The normalized spacial score (nSPS) is 12.6. The molecular weight excluding hydrogens is 414 g/mol. The van der Waals surface area contributed by atoms with Gasteiger partial charge in [-0.3, -0.25) is 4.40 Å². The lowest BCUT2D eigenvalue weighted by molar-refractivity contribution is 0.0448. The van der Waals surface area contributed by atoms with Crippen molar-refractivity contribution in [1.29, 1.82) is 0 Å². The van der Waals surface area contributed by atoms with Crippen LogP contribution < -0.4 is 10.0 Å². The quantitative estimate of drug-likeness (QED) is 0.582. The second kappa shape index (κ2) is 7.28. The first kappa shape index (κ1) is 19.9. The van der Waals surface area contributed by atoms with Crippen LogP contribution in [0.2, 0.25) is 0 Å². The van der Waals surface area contributed by atoms with Gasteiger partial charge < -0.3 is 4.74 Å². The van der Waals surface area contributed by atoms with Crippen LogP contribution >= 0.6 is 37.0 Å². The van der Waals surface area contributed by atoms with Crippen molar-refractivity contribution < 1.29 is 13.5 Å². The Hall–Kier alpha value is -0.850. The van der Waals surface area contributed by atoms with E-state index in [9.17, 15) is 8.78 Å². The highest BCUT2D eigenvalue weighted by molar-refractivity contribution is 7.38. The van der Waals surface area contributed by atoms with Crippen molar-refractivity contribution in [3.8, 4) is 17.0 Å². The molecule has 0 aromatic carbocycles. The van der Waals surface area contributed by atoms with Crippen molar-refractivity contribution in [1.82, 2.24) is 19.4 Å². The van der Waals surface area contributed by atoms with E-state index in [1.807, 2.05) is 17.5 Å². The zero-order valence-electron chi connectivity index (χ0n) is 13.9. The summed E-state index contributed by atoms with van der Waals surface area (Å²) < 4.78 is 32.8. The largest absolute Gasteiger partial charge is 0.470 e. The highest BCUT2D eigenvalue weighted by atomic mass is 31.1. The molecule has 0 bridgehead atoms. The number of halogens is 2. The lowest BCUT2D eigenvalue weighted by atomic mass is 10.1. The summed E-state index contributed by atoms with van der Waals surface area (Å²) in [6.45, 7) is 1.26. The van der Waals surface area contributed by atoms with Gasteiger partial charge in [-0.25, -0.2) is 15.0 Å². The number of fused-ring (bicyclic) bond motifs is 1. The first-order valence-corrected chi connectivity index (χ1v) is 9.82. The van der Waals surface area contributed by atoms with E-state index >= 15 is 0 Å². The maximum absolute atomic E-state index is 12.9. The first-order valence-electron chi connectivity index (χ1n) is 7.51. The first-order chi connectivity index (χ1) is 12.0. The van der Waals surface area contributed by atoms with Gasteiger partial charge in [0, 0.05) is 35.0 Å². The maximum atomic E-state index is 12.9. The molecule has 4 unspecified atom stereocenters. The van der Waals surface area contributed by atoms with Crippen LogP contribution in [0.4, 0.5) is 8.78 Å². The van der Waals surface area contributed by atoms with Gasteiger partial charge in [0.1, 0.15) is 5.82 Å². The number of hydrogen-bond acceptors (Lipinski definition) is 4. The van der Waals surface area contributed by atoms with Crippen LogP contribution in [0.15, 0.2) is 30.9 Å². The molecule has 3 aromatic rings. The number of nitrogens with zero attached hydrogens (tertiary/aromatic N) is 4. The summed E-state index contributed by atoms with van der Waals surface area (Å²) >= 11 is 0. The second-order valence-corrected chi connectivity index (χ2v) is 10.6. The summed E-state index contributed by atoms with van der Waals surface area (Å²) in [5.74, 6) is 0.985. The minimum atomic E-state index is -2.99. The Morgan fingerprint density at radius 2 is 1.77 bits per heavy atom. The van der Waals surface area contributed by atoms with Gasteiger partial charge in [0.25, 0.3) is 5.66 Å². The zero-order chi connectivity index (χ0) is 19.1. The van der Waals surface area contributed by atoms with E-state index < -0.39 is 12.3 Å². The number of imidazole rings is 1. The highest BCUT2D eigenvalue weighted by Crippen LogP contribution is 2.37. The minimum Gasteiger partial charge on any atom is -0.470 e. The minimum absolute atomic E-state index is 0.153. The van der Waals surface area contributed by atoms with Gasteiger partial charge in [-0.05, 0) is 13.0 Å². The molecule has 4 atom stereocenters. The molecule has 0 saturated heterocycles. The SMILES string of the molecule is CC(P)(P)c1ncc2ncc(-c3cnc(OCC(F)(F)P)c(P)c3)cn12. The molecule has 3 heterocycles. The molecule has 0 spiro atoms. The van der Waals surface area contributed by atoms with Crippen LogP contribution in [-0.4, -0.2) is 31.6 Å². The summed E-state index contributed by atoms with van der Waals surface area (Å²) in [5, 5.41) is 0.588. The molecule has 0 fully saturated rings. The van der Waals surface area contributed by atoms with E-state index in [0.717, 1.165) is 22.6 Å². The molecule has 5 nitrogen and oxygen atoms in total. The number of rotatable bonds is 5. The fourth-order valence-electron chi connectivity index (χ4n) is 2.34. The summed E-state index contributed by atoms with van der Waals surface area (Å²) in [7, 11) is 9.36. The molecule has 0 aliphatic carbocycles. The maximum Gasteiger partial charge on any atom is 0.292 e. The molecule has 138 valence electrons. The fraction of sp³-hybridized carbons (Fsp3) is 0.267. The van der Waals surface area contributed by atoms with Gasteiger partial charge in [0.2, 0.25) is 5.88 Å². The highest BCUT2D eigenvalue weighted by Gasteiger charge is 2.23. The molecule has 0 aliphatic rings. The fourth-order valence-corrected chi connectivity index (χ4v) is 3.19. The molecule has 3 aromatic heterocycles. The van der Waals surface area contributed by atoms with E-state index in [1.54, 1.807) is 24.7 Å². The Morgan fingerprint density at radius 1 is 1.08 bits per heavy atom. The molecule has 0 aliphatic heterocycles. The van der Waals surface area contributed by atoms with Crippen LogP contribution in [0.1, 0.15) is 12.7 Å². The average Bonchev–Trinajstić information content (AvgIpc) is 2.96. The molecular formula is C15H18F2N4OP4. The Labute approximate surface area is 158 Å². The van der Waals surface area contributed by atoms with Gasteiger partial charge in [-0.1, -0.05) is 18.5 Å². The van der Waals surface area contributed by atoms with Gasteiger partial charge in [-0.15, -0.1) is 18.5 Å². The molecule has 0 N–H and O–H groups in total. The lowest BCUT2D eigenvalue weighted by Gasteiger charge is -2.17. The summed E-state index contributed by atoms with van der Waals surface area (Å²) in [6.07, 6.45) is 6.94. The van der Waals surface area contributed by atoms with Gasteiger partial charge >= 0.3 is 0 Å². The van der Waals surface area contributed by atoms with Gasteiger partial charge in [0.05, 0.1) is 11.1 Å². The molecule has 3 rings (SSSR count). The monoisotopic (exact) mass is 432 g/mol. The summed E-state index contributed by atoms with van der Waals surface area (Å²) in [4.78, 5) is 12.7. The van der Waals surface area contributed by atoms with Crippen molar-refractivity contribution in [3.63, 3.8) is 0 Å². The molecule has 11 heteroatoms. The third-order valence-corrected chi connectivity index (χ3v) is 4.57. The molecule has 26 heavy (non-hydrogen) atoms. The van der Waals surface area contributed by atoms with E-state index in [1.165, 1.54) is 9.24 Å². The predicted molar refractivity (Wildman–Crippen MR) is 112 cm³/mol. The van der Waals surface area contributed by atoms with Crippen LogP contribution in [0.3, 0.4) is 0 Å².